The van der Waals surface area contributed by atoms with Crippen LogP contribution in [0.25, 0.3) is 0 Å². The van der Waals surface area contributed by atoms with Crippen molar-refractivity contribution in [3.63, 3.8) is 0 Å². The van der Waals surface area contributed by atoms with Gasteiger partial charge in [-0.25, -0.2) is 4.99 Å². The van der Waals surface area contributed by atoms with Crippen LogP contribution in [-0.4, -0.2) is 32.3 Å². The number of aliphatic imine (C=N–C) groups is 1. The predicted molar refractivity (Wildman–Crippen MR) is 82.5 cm³/mol. The Morgan fingerprint density at radius 2 is 2.15 bits per heavy atom. The van der Waals surface area contributed by atoms with E-state index in [1.54, 1.807) is 7.11 Å². The van der Waals surface area contributed by atoms with E-state index < -0.39 is 0 Å². The van der Waals surface area contributed by atoms with Crippen molar-refractivity contribution in [2.24, 2.45) is 10.7 Å². The molecule has 0 bridgehead atoms. The van der Waals surface area contributed by atoms with Crippen molar-refractivity contribution >= 4 is 5.96 Å². The van der Waals surface area contributed by atoms with Crippen molar-refractivity contribution in [1.29, 1.82) is 0 Å². The van der Waals surface area contributed by atoms with E-state index in [1.165, 1.54) is 0 Å². The number of rotatable bonds is 8. The van der Waals surface area contributed by atoms with E-state index in [0.29, 0.717) is 12.5 Å². The summed E-state index contributed by atoms with van der Waals surface area (Å²) in [6.45, 7) is 5.47. The zero-order chi connectivity index (χ0) is 14.8. The molecular formula is C15H25N3O2. The highest BCUT2D eigenvalue weighted by atomic mass is 16.5. The molecule has 0 amide bonds. The van der Waals surface area contributed by atoms with Gasteiger partial charge in [0.2, 0.25) is 0 Å². The lowest BCUT2D eigenvalue weighted by Gasteiger charge is -2.14. The lowest BCUT2D eigenvalue weighted by molar-refractivity contribution is 0.229. The number of ether oxygens (including phenoxy) is 2. The Kier molecular flexibility index (Phi) is 7.32. The number of nitrogens with two attached hydrogens (primary N) is 1. The first kappa shape index (κ1) is 16.1. The van der Waals surface area contributed by atoms with E-state index in [2.05, 4.69) is 17.2 Å². The van der Waals surface area contributed by atoms with Crippen molar-refractivity contribution in [2.45, 2.75) is 32.8 Å². The molecule has 1 atom stereocenters. The summed E-state index contributed by atoms with van der Waals surface area (Å²) in [7, 11) is 1.63. The van der Waals surface area contributed by atoms with Crippen LogP contribution < -0.4 is 20.5 Å². The Morgan fingerprint density at radius 1 is 1.40 bits per heavy atom. The first-order valence-corrected chi connectivity index (χ1v) is 7.00. The van der Waals surface area contributed by atoms with Gasteiger partial charge in [-0.2, -0.15) is 0 Å². The maximum atomic E-state index is 5.77. The molecule has 0 spiro atoms. The number of guanidine groups is 1. The van der Waals surface area contributed by atoms with Gasteiger partial charge in [0, 0.05) is 12.6 Å². The van der Waals surface area contributed by atoms with Gasteiger partial charge in [-0.15, -0.1) is 0 Å². The molecule has 0 aliphatic rings. The highest BCUT2D eigenvalue weighted by molar-refractivity contribution is 5.77. The van der Waals surface area contributed by atoms with Crippen molar-refractivity contribution in [1.82, 2.24) is 5.32 Å². The van der Waals surface area contributed by atoms with Gasteiger partial charge in [-0.1, -0.05) is 19.4 Å². The summed E-state index contributed by atoms with van der Waals surface area (Å²) in [6.07, 6.45) is 2.18. The number of hydrogen-bond donors (Lipinski definition) is 2. The molecule has 0 saturated carbocycles. The molecule has 3 N–H and O–H groups in total. The maximum absolute atomic E-state index is 5.77. The van der Waals surface area contributed by atoms with Crippen LogP contribution in [0.5, 0.6) is 11.5 Å². The fourth-order valence-electron chi connectivity index (χ4n) is 1.62. The number of nitrogens with zero attached hydrogens (tertiary/aromatic N) is 1. The summed E-state index contributed by atoms with van der Waals surface area (Å²) >= 11 is 0. The molecule has 5 heteroatoms. The summed E-state index contributed by atoms with van der Waals surface area (Å²) in [5, 5.41) is 3.07. The Hall–Kier alpha value is -1.91. The van der Waals surface area contributed by atoms with E-state index >= 15 is 0 Å². The highest BCUT2D eigenvalue weighted by Gasteiger charge is 2.04. The zero-order valence-corrected chi connectivity index (χ0v) is 12.6. The molecule has 5 nitrogen and oxygen atoms in total. The number of nitrogens with one attached hydrogen (secondary N) is 1. The SMILES string of the molecule is CCCCNC(N)=NCC(C)Oc1cccc(OC)c1. The zero-order valence-electron chi connectivity index (χ0n) is 12.6. The van der Waals surface area contributed by atoms with Gasteiger partial charge in [-0.3, -0.25) is 0 Å². The third kappa shape index (κ3) is 6.31. The van der Waals surface area contributed by atoms with E-state index in [4.69, 9.17) is 15.2 Å². The Bertz CT molecular complexity index is 421. The van der Waals surface area contributed by atoms with Crippen molar-refractivity contribution in [2.75, 3.05) is 20.2 Å². The molecule has 112 valence electrons. The van der Waals surface area contributed by atoms with Gasteiger partial charge in [-0.05, 0) is 25.5 Å². The second kappa shape index (κ2) is 9.07. The summed E-state index contributed by atoms with van der Waals surface area (Å²) in [6, 6.07) is 7.52. The summed E-state index contributed by atoms with van der Waals surface area (Å²) < 4.78 is 10.9. The van der Waals surface area contributed by atoms with E-state index in [1.807, 2.05) is 31.2 Å². The van der Waals surface area contributed by atoms with Crippen LogP contribution in [0.3, 0.4) is 0 Å². The number of benzene rings is 1. The minimum absolute atomic E-state index is 0.0476. The average Bonchev–Trinajstić information content (AvgIpc) is 2.45. The summed E-state index contributed by atoms with van der Waals surface area (Å²) in [4.78, 5) is 4.26. The lowest BCUT2D eigenvalue weighted by Crippen LogP contribution is -2.33. The molecule has 0 heterocycles. The van der Waals surface area contributed by atoms with Crippen LogP contribution in [0.1, 0.15) is 26.7 Å². The largest absolute Gasteiger partial charge is 0.497 e. The first-order chi connectivity index (χ1) is 9.65. The number of methoxy groups -OCH3 is 1. The van der Waals surface area contributed by atoms with Gasteiger partial charge < -0.3 is 20.5 Å². The van der Waals surface area contributed by atoms with Crippen molar-refractivity contribution in [3.05, 3.63) is 24.3 Å². The summed E-state index contributed by atoms with van der Waals surface area (Å²) in [5.41, 5.74) is 5.77. The molecule has 20 heavy (non-hydrogen) atoms. The van der Waals surface area contributed by atoms with Crippen LogP contribution in [0.15, 0.2) is 29.3 Å². The van der Waals surface area contributed by atoms with Crippen LogP contribution in [0, 0.1) is 0 Å². The van der Waals surface area contributed by atoms with Gasteiger partial charge in [0.05, 0.1) is 13.7 Å². The first-order valence-electron chi connectivity index (χ1n) is 7.00. The highest BCUT2D eigenvalue weighted by Crippen LogP contribution is 2.19. The Labute approximate surface area is 121 Å². The fraction of sp³-hybridized carbons (Fsp3) is 0.533. The Morgan fingerprint density at radius 3 is 2.85 bits per heavy atom. The van der Waals surface area contributed by atoms with E-state index in [9.17, 15) is 0 Å². The minimum atomic E-state index is -0.0476. The molecule has 1 aromatic carbocycles. The molecule has 0 aliphatic carbocycles. The minimum Gasteiger partial charge on any atom is -0.497 e. The van der Waals surface area contributed by atoms with Crippen LogP contribution >= 0.6 is 0 Å². The average molecular weight is 279 g/mol. The topological polar surface area (TPSA) is 68.9 Å². The molecule has 0 aliphatic heterocycles. The molecule has 0 fully saturated rings. The van der Waals surface area contributed by atoms with Crippen LogP contribution in [0.4, 0.5) is 0 Å². The lowest BCUT2D eigenvalue weighted by atomic mass is 10.3. The fourth-order valence-corrected chi connectivity index (χ4v) is 1.62. The maximum Gasteiger partial charge on any atom is 0.188 e. The van der Waals surface area contributed by atoms with Gasteiger partial charge >= 0.3 is 0 Å². The molecule has 0 aromatic heterocycles. The second-order valence-electron chi connectivity index (χ2n) is 4.61. The van der Waals surface area contributed by atoms with E-state index in [0.717, 1.165) is 30.9 Å². The normalized spacial score (nSPS) is 12.8. The quantitative estimate of drug-likeness (QED) is 0.435. The number of unbranched alkanes of at least 4 members (excludes halogenated alkanes) is 1. The monoisotopic (exact) mass is 279 g/mol. The molecular weight excluding hydrogens is 254 g/mol. The molecule has 1 rings (SSSR count). The van der Waals surface area contributed by atoms with Crippen molar-refractivity contribution < 1.29 is 9.47 Å². The van der Waals surface area contributed by atoms with Gasteiger partial charge in [0.25, 0.3) is 0 Å². The van der Waals surface area contributed by atoms with Crippen molar-refractivity contribution in [3.8, 4) is 11.5 Å². The molecule has 0 saturated heterocycles. The standard InChI is InChI=1S/C15H25N3O2/c1-4-5-9-17-15(16)18-11-12(2)20-14-8-6-7-13(10-14)19-3/h6-8,10,12H,4-5,9,11H2,1-3H3,(H3,16,17,18). The third-order valence-corrected chi connectivity index (χ3v) is 2.73. The second-order valence-corrected chi connectivity index (χ2v) is 4.61. The van der Waals surface area contributed by atoms with Gasteiger partial charge in [0.1, 0.15) is 17.6 Å². The van der Waals surface area contributed by atoms with Crippen LogP contribution in [0.2, 0.25) is 0 Å². The number of hydrogen-bond acceptors (Lipinski definition) is 3. The van der Waals surface area contributed by atoms with Crippen LogP contribution in [-0.2, 0) is 0 Å². The molecule has 0 radical (unpaired) electrons. The van der Waals surface area contributed by atoms with E-state index in [-0.39, 0.29) is 6.10 Å². The molecule has 1 unspecified atom stereocenters. The van der Waals surface area contributed by atoms with Gasteiger partial charge in [0.15, 0.2) is 5.96 Å². The summed E-state index contributed by atoms with van der Waals surface area (Å²) in [5.74, 6) is 2.02. The molecule has 1 aromatic rings. The third-order valence-electron chi connectivity index (χ3n) is 2.73. The Balaban J connectivity index is 2.38. The smallest absolute Gasteiger partial charge is 0.188 e. The predicted octanol–water partition coefficient (Wildman–Crippen LogP) is 2.17.